The summed E-state index contributed by atoms with van der Waals surface area (Å²) in [6.45, 7) is 0.768. The van der Waals surface area contributed by atoms with E-state index in [1.54, 1.807) is 6.07 Å². The van der Waals surface area contributed by atoms with Crippen molar-refractivity contribution >= 4 is 23.6 Å². The van der Waals surface area contributed by atoms with Crippen LogP contribution in [0.15, 0.2) is 24.3 Å². The van der Waals surface area contributed by atoms with Crippen LogP contribution in [0.4, 0.5) is 14.9 Å². The summed E-state index contributed by atoms with van der Waals surface area (Å²) in [4.78, 5) is 36.2. The molecule has 1 unspecified atom stereocenters. The van der Waals surface area contributed by atoms with Crippen LogP contribution in [0, 0.1) is 11.7 Å². The number of carboxylic acids is 1. The van der Waals surface area contributed by atoms with Crippen molar-refractivity contribution < 1.29 is 23.9 Å². The monoisotopic (exact) mass is 337 g/mol. The third-order valence-corrected chi connectivity index (χ3v) is 3.83. The molecule has 0 radical (unpaired) electrons. The van der Waals surface area contributed by atoms with Crippen molar-refractivity contribution in [2.45, 2.75) is 19.3 Å². The Kier molecular flexibility index (Phi) is 6.11. The van der Waals surface area contributed by atoms with Crippen molar-refractivity contribution in [3.05, 3.63) is 30.1 Å². The van der Waals surface area contributed by atoms with Crippen LogP contribution in [-0.4, -0.2) is 47.5 Å². The van der Waals surface area contributed by atoms with Gasteiger partial charge in [0.2, 0.25) is 5.91 Å². The van der Waals surface area contributed by atoms with Gasteiger partial charge in [0, 0.05) is 19.6 Å². The zero-order valence-electron chi connectivity index (χ0n) is 13.1. The summed E-state index contributed by atoms with van der Waals surface area (Å²) >= 11 is 0. The molecule has 2 rings (SSSR count). The van der Waals surface area contributed by atoms with Crippen molar-refractivity contribution in [2.75, 3.05) is 25.0 Å². The third kappa shape index (κ3) is 4.94. The first kappa shape index (κ1) is 17.7. The maximum absolute atomic E-state index is 13.6. The molecule has 3 N–H and O–H groups in total. The van der Waals surface area contributed by atoms with E-state index in [2.05, 4.69) is 10.6 Å². The van der Waals surface area contributed by atoms with Gasteiger partial charge in [0.1, 0.15) is 5.82 Å². The third-order valence-electron chi connectivity index (χ3n) is 3.83. The molecule has 8 heteroatoms. The fourth-order valence-electron chi connectivity index (χ4n) is 2.57. The zero-order chi connectivity index (χ0) is 17.5. The van der Waals surface area contributed by atoms with Crippen molar-refractivity contribution in [2.24, 2.45) is 5.92 Å². The molecule has 1 aromatic carbocycles. The average Bonchev–Trinajstić information content (AvgIpc) is 2.56. The number of carbonyl (C=O) groups is 3. The summed E-state index contributed by atoms with van der Waals surface area (Å²) in [7, 11) is 0. The highest BCUT2D eigenvalue weighted by Crippen LogP contribution is 2.19. The van der Waals surface area contributed by atoms with Crippen LogP contribution < -0.4 is 10.6 Å². The van der Waals surface area contributed by atoms with E-state index < -0.39 is 17.8 Å². The largest absolute Gasteiger partial charge is 0.481 e. The lowest BCUT2D eigenvalue weighted by atomic mass is 9.97. The number of halogens is 1. The first-order chi connectivity index (χ1) is 11.5. The Bertz CT molecular complexity index is 623. The predicted octanol–water partition coefficient (Wildman–Crippen LogP) is 1.66. The molecule has 1 aliphatic rings. The topological polar surface area (TPSA) is 98.7 Å². The quantitative estimate of drug-likeness (QED) is 0.761. The first-order valence-corrected chi connectivity index (χ1v) is 7.77. The molecule has 0 aromatic heterocycles. The van der Waals surface area contributed by atoms with Crippen LogP contribution in [0.5, 0.6) is 0 Å². The molecular formula is C16H20FN3O4. The number of likely N-dealkylation sites (tertiary alicyclic amines) is 1. The minimum absolute atomic E-state index is 0.0616. The second-order valence-corrected chi connectivity index (χ2v) is 5.63. The van der Waals surface area contributed by atoms with E-state index in [1.165, 1.54) is 23.1 Å². The highest BCUT2D eigenvalue weighted by Gasteiger charge is 2.28. The van der Waals surface area contributed by atoms with E-state index in [4.69, 9.17) is 5.11 Å². The van der Waals surface area contributed by atoms with Crippen LogP contribution in [-0.2, 0) is 9.59 Å². The minimum Gasteiger partial charge on any atom is -0.481 e. The summed E-state index contributed by atoms with van der Waals surface area (Å²) in [6.07, 6.45) is 1.14. The van der Waals surface area contributed by atoms with Gasteiger partial charge in [-0.2, -0.15) is 0 Å². The van der Waals surface area contributed by atoms with Crippen molar-refractivity contribution in [3.63, 3.8) is 0 Å². The first-order valence-electron chi connectivity index (χ1n) is 7.77. The second kappa shape index (κ2) is 8.28. The fraction of sp³-hybridized carbons (Fsp3) is 0.438. The molecule has 3 amide bonds. The lowest BCUT2D eigenvalue weighted by Crippen LogP contribution is -2.47. The number of carbonyl (C=O) groups excluding carboxylic acids is 2. The lowest BCUT2D eigenvalue weighted by molar-refractivity contribution is -0.137. The molecule has 1 fully saturated rings. The summed E-state index contributed by atoms with van der Waals surface area (Å²) in [6, 6.07) is 5.41. The smallest absolute Gasteiger partial charge is 0.321 e. The van der Waals surface area contributed by atoms with Crippen LogP contribution in [0.25, 0.3) is 0 Å². The van der Waals surface area contributed by atoms with Crippen LogP contribution in [0.1, 0.15) is 19.3 Å². The lowest BCUT2D eigenvalue weighted by Gasteiger charge is -2.32. The molecule has 0 aliphatic carbocycles. The number of amides is 3. The minimum atomic E-state index is -0.982. The molecule has 130 valence electrons. The molecule has 7 nitrogen and oxygen atoms in total. The van der Waals surface area contributed by atoms with E-state index in [0.29, 0.717) is 19.4 Å². The summed E-state index contributed by atoms with van der Waals surface area (Å²) < 4.78 is 13.6. The number of benzene rings is 1. The van der Waals surface area contributed by atoms with Gasteiger partial charge in [-0.3, -0.25) is 9.59 Å². The van der Waals surface area contributed by atoms with Crippen molar-refractivity contribution in [1.29, 1.82) is 0 Å². The predicted molar refractivity (Wildman–Crippen MR) is 85.0 cm³/mol. The van der Waals surface area contributed by atoms with E-state index >= 15 is 0 Å². The normalized spacial score (nSPS) is 17.2. The number of hydrogen-bond donors (Lipinski definition) is 3. The summed E-state index contributed by atoms with van der Waals surface area (Å²) in [5.41, 5.74) is 0.0931. The number of nitrogens with zero attached hydrogens (tertiary/aromatic N) is 1. The molecule has 1 aliphatic heterocycles. The molecule has 1 atom stereocenters. The Labute approximate surface area is 138 Å². The van der Waals surface area contributed by atoms with Crippen molar-refractivity contribution in [3.8, 4) is 0 Å². The second-order valence-electron chi connectivity index (χ2n) is 5.63. The van der Waals surface area contributed by atoms with Gasteiger partial charge >= 0.3 is 12.0 Å². The Balaban J connectivity index is 1.88. The molecule has 0 saturated carbocycles. The van der Waals surface area contributed by atoms with Gasteiger partial charge in [0.05, 0.1) is 18.0 Å². The summed E-state index contributed by atoms with van der Waals surface area (Å²) in [5, 5.41) is 13.6. The van der Waals surface area contributed by atoms with Crippen LogP contribution in [0.3, 0.4) is 0 Å². The number of aliphatic carboxylic acids is 1. The Morgan fingerprint density at radius 1 is 1.29 bits per heavy atom. The van der Waals surface area contributed by atoms with Gasteiger partial charge in [-0.1, -0.05) is 12.1 Å². The van der Waals surface area contributed by atoms with E-state index in [0.717, 1.165) is 0 Å². The van der Waals surface area contributed by atoms with E-state index in [-0.39, 0.29) is 37.0 Å². The number of anilines is 1. The average molecular weight is 337 g/mol. The highest BCUT2D eigenvalue weighted by molar-refractivity contribution is 5.90. The van der Waals surface area contributed by atoms with Gasteiger partial charge in [-0.05, 0) is 25.0 Å². The van der Waals surface area contributed by atoms with Crippen molar-refractivity contribution in [1.82, 2.24) is 10.2 Å². The maximum Gasteiger partial charge on any atom is 0.321 e. The number of carboxylic acid groups (broad SMARTS) is 1. The number of para-hydroxylation sites is 1. The number of rotatable bonds is 5. The van der Waals surface area contributed by atoms with Gasteiger partial charge in [0.25, 0.3) is 0 Å². The van der Waals surface area contributed by atoms with Gasteiger partial charge in [0.15, 0.2) is 0 Å². The Morgan fingerprint density at radius 2 is 2.04 bits per heavy atom. The summed E-state index contributed by atoms with van der Waals surface area (Å²) in [5.74, 6) is -2.16. The van der Waals surface area contributed by atoms with Crippen LogP contribution in [0.2, 0.25) is 0 Å². The zero-order valence-corrected chi connectivity index (χ0v) is 13.1. The Morgan fingerprint density at radius 3 is 2.75 bits per heavy atom. The molecular weight excluding hydrogens is 317 g/mol. The SMILES string of the molecule is O=C(O)CCNC(=O)C1CCCN(C(=O)Nc2ccccc2F)C1. The van der Waals surface area contributed by atoms with Gasteiger partial charge in [-0.25, -0.2) is 9.18 Å². The molecule has 0 bridgehead atoms. The van der Waals surface area contributed by atoms with E-state index in [1.807, 2.05) is 0 Å². The van der Waals surface area contributed by atoms with Crippen LogP contribution >= 0.6 is 0 Å². The fourth-order valence-corrected chi connectivity index (χ4v) is 2.57. The molecule has 1 heterocycles. The molecule has 1 aromatic rings. The molecule has 1 saturated heterocycles. The Hall–Kier alpha value is -2.64. The number of hydrogen-bond acceptors (Lipinski definition) is 3. The standard InChI is InChI=1S/C16H20FN3O4/c17-12-5-1-2-6-13(12)19-16(24)20-9-3-4-11(10-20)15(23)18-8-7-14(21)22/h1-2,5-6,11H,3-4,7-10H2,(H,18,23)(H,19,24)(H,21,22). The molecule has 24 heavy (non-hydrogen) atoms. The maximum atomic E-state index is 13.6. The highest BCUT2D eigenvalue weighted by atomic mass is 19.1. The molecule has 0 spiro atoms. The van der Waals surface area contributed by atoms with Gasteiger partial charge in [-0.15, -0.1) is 0 Å². The number of nitrogens with one attached hydrogen (secondary N) is 2. The van der Waals surface area contributed by atoms with Gasteiger partial charge < -0.3 is 20.6 Å². The number of urea groups is 1. The van der Waals surface area contributed by atoms with E-state index in [9.17, 15) is 18.8 Å². The number of piperidine rings is 1.